The fourth-order valence-electron chi connectivity index (χ4n) is 3.32. The normalized spacial score (nSPS) is 19.9. The molecule has 27 heavy (non-hydrogen) atoms. The van der Waals surface area contributed by atoms with E-state index in [-0.39, 0.29) is 5.60 Å². The van der Waals surface area contributed by atoms with Gasteiger partial charge in [0.1, 0.15) is 4.83 Å². The van der Waals surface area contributed by atoms with E-state index in [1.807, 2.05) is 0 Å². The molecule has 5 nitrogen and oxygen atoms in total. The summed E-state index contributed by atoms with van der Waals surface area (Å²) >= 11 is 5.34. The molecule has 1 atom stereocenters. The molecule has 1 aliphatic rings. The van der Waals surface area contributed by atoms with Crippen LogP contribution in [0.15, 0.2) is 10.3 Å². The van der Waals surface area contributed by atoms with Crippen LogP contribution in [0.25, 0.3) is 15.9 Å². The highest BCUT2D eigenvalue weighted by Gasteiger charge is 2.33. The van der Waals surface area contributed by atoms with E-state index in [2.05, 4.69) is 42.3 Å². The molecule has 8 heteroatoms. The Balaban J connectivity index is 1.92. The van der Waals surface area contributed by atoms with Gasteiger partial charge in [-0.3, -0.25) is 0 Å². The number of thiophene rings is 1. The molecule has 0 amide bonds. The second-order valence-corrected chi connectivity index (χ2v) is 10.4. The summed E-state index contributed by atoms with van der Waals surface area (Å²) in [6.45, 7) is 9.48. The summed E-state index contributed by atoms with van der Waals surface area (Å²) < 4.78 is 8.36. The standard InChI is InChI=1S/C19H26N4OS3/c1-5-8-25-17-20-16-14(15-21-22-18(23(15)17)26-9-6-2)12-10-19(4,7-3)24-11-13(12)27-16/h5-11H2,1-4H3/t19-/m0/s1. The molecule has 0 unspecified atom stereocenters. The maximum atomic E-state index is 6.17. The first kappa shape index (κ1) is 19.5. The summed E-state index contributed by atoms with van der Waals surface area (Å²) in [6, 6.07) is 0. The molecule has 4 heterocycles. The minimum Gasteiger partial charge on any atom is -0.369 e. The number of aromatic nitrogens is 4. The number of hydrogen-bond donors (Lipinski definition) is 0. The predicted octanol–water partition coefficient (Wildman–Crippen LogP) is 5.58. The van der Waals surface area contributed by atoms with Crippen molar-refractivity contribution in [2.45, 2.75) is 75.9 Å². The zero-order valence-electron chi connectivity index (χ0n) is 16.4. The van der Waals surface area contributed by atoms with E-state index in [9.17, 15) is 0 Å². The Labute approximate surface area is 172 Å². The molecule has 0 spiro atoms. The van der Waals surface area contributed by atoms with E-state index in [1.54, 1.807) is 34.9 Å². The third-order valence-electron chi connectivity index (χ3n) is 5.04. The van der Waals surface area contributed by atoms with Crippen LogP contribution >= 0.6 is 34.9 Å². The molecule has 4 rings (SSSR count). The highest BCUT2D eigenvalue weighted by molar-refractivity contribution is 7.99. The van der Waals surface area contributed by atoms with Gasteiger partial charge >= 0.3 is 0 Å². The fourth-order valence-corrected chi connectivity index (χ4v) is 6.17. The molecule has 0 saturated carbocycles. The fraction of sp³-hybridized carbons (Fsp3) is 0.632. The van der Waals surface area contributed by atoms with Gasteiger partial charge in [0.2, 0.25) is 0 Å². The second kappa shape index (κ2) is 7.89. The van der Waals surface area contributed by atoms with Crippen LogP contribution in [0, 0.1) is 0 Å². The minimum atomic E-state index is -0.104. The van der Waals surface area contributed by atoms with Gasteiger partial charge in [-0.15, -0.1) is 21.5 Å². The first-order valence-corrected chi connectivity index (χ1v) is 12.5. The molecule has 0 N–H and O–H groups in total. The Morgan fingerprint density at radius 3 is 2.56 bits per heavy atom. The number of fused-ring (bicyclic) bond motifs is 5. The highest BCUT2D eigenvalue weighted by Crippen LogP contribution is 2.42. The summed E-state index contributed by atoms with van der Waals surface area (Å²) in [7, 11) is 0. The lowest BCUT2D eigenvalue weighted by Gasteiger charge is -2.33. The van der Waals surface area contributed by atoms with Gasteiger partial charge < -0.3 is 4.74 Å². The van der Waals surface area contributed by atoms with Gasteiger partial charge in [0.25, 0.3) is 0 Å². The summed E-state index contributed by atoms with van der Waals surface area (Å²) in [5.41, 5.74) is 2.23. The van der Waals surface area contributed by atoms with Crippen LogP contribution in [-0.4, -0.2) is 36.7 Å². The minimum absolute atomic E-state index is 0.104. The number of rotatable bonds is 7. The summed E-state index contributed by atoms with van der Waals surface area (Å²) in [4.78, 5) is 7.43. The van der Waals surface area contributed by atoms with Crippen LogP contribution in [0.2, 0.25) is 0 Å². The maximum Gasteiger partial charge on any atom is 0.197 e. The molecule has 3 aromatic rings. The quantitative estimate of drug-likeness (QED) is 0.366. The van der Waals surface area contributed by atoms with Crippen molar-refractivity contribution in [3.8, 4) is 0 Å². The Bertz CT molecular complexity index is 967. The molecular weight excluding hydrogens is 396 g/mol. The van der Waals surface area contributed by atoms with Gasteiger partial charge in [0.05, 0.1) is 17.6 Å². The molecule has 3 aromatic heterocycles. The van der Waals surface area contributed by atoms with Crippen molar-refractivity contribution in [1.29, 1.82) is 0 Å². The number of hydrogen-bond acceptors (Lipinski definition) is 7. The second-order valence-electron chi connectivity index (χ2n) is 7.19. The maximum absolute atomic E-state index is 6.17. The number of nitrogens with zero attached hydrogens (tertiary/aromatic N) is 4. The molecule has 1 aliphatic heterocycles. The SMILES string of the molecule is CCCSc1nnc2c3c4c(sc3nc(SCCC)n12)CO[C@@](C)(CC)C4. The van der Waals surface area contributed by atoms with Crippen molar-refractivity contribution in [3.05, 3.63) is 10.4 Å². The van der Waals surface area contributed by atoms with Gasteiger partial charge in [0, 0.05) is 22.8 Å². The number of thioether (sulfide) groups is 2. The summed E-state index contributed by atoms with van der Waals surface area (Å²) in [5.74, 6) is 2.09. The Morgan fingerprint density at radius 2 is 1.85 bits per heavy atom. The summed E-state index contributed by atoms with van der Waals surface area (Å²) in [5, 5.41) is 12.3. The third kappa shape index (κ3) is 3.50. The van der Waals surface area contributed by atoms with Gasteiger partial charge in [-0.25, -0.2) is 9.38 Å². The molecular formula is C19H26N4OS3. The third-order valence-corrected chi connectivity index (χ3v) is 8.42. The van der Waals surface area contributed by atoms with E-state index in [0.29, 0.717) is 6.61 Å². The van der Waals surface area contributed by atoms with Crippen LogP contribution in [0.1, 0.15) is 57.4 Å². The zero-order chi connectivity index (χ0) is 19.0. The van der Waals surface area contributed by atoms with Gasteiger partial charge in [-0.2, -0.15) is 0 Å². The topological polar surface area (TPSA) is 52.3 Å². The Hall–Kier alpha value is -0.830. The van der Waals surface area contributed by atoms with Crippen LogP contribution in [0.5, 0.6) is 0 Å². The molecule has 0 bridgehead atoms. The van der Waals surface area contributed by atoms with Crippen molar-refractivity contribution in [2.24, 2.45) is 0 Å². The van der Waals surface area contributed by atoms with Crippen LogP contribution < -0.4 is 0 Å². The molecule has 0 saturated heterocycles. The first-order chi connectivity index (χ1) is 13.1. The average molecular weight is 423 g/mol. The largest absolute Gasteiger partial charge is 0.369 e. The van der Waals surface area contributed by atoms with Crippen molar-refractivity contribution < 1.29 is 4.74 Å². The van der Waals surface area contributed by atoms with E-state index < -0.39 is 0 Å². The lowest BCUT2D eigenvalue weighted by atomic mass is 9.90. The first-order valence-electron chi connectivity index (χ1n) is 9.69. The van der Waals surface area contributed by atoms with Crippen molar-refractivity contribution in [2.75, 3.05) is 11.5 Å². The van der Waals surface area contributed by atoms with Crippen molar-refractivity contribution in [3.63, 3.8) is 0 Å². The lowest BCUT2D eigenvalue weighted by molar-refractivity contribution is -0.0542. The zero-order valence-corrected chi connectivity index (χ0v) is 18.8. The van der Waals surface area contributed by atoms with Gasteiger partial charge in [0.15, 0.2) is 16.0 Å². The molecule has 0 aromatic carbocycles. The molecule has 146 valence electrons. The van der Waals surface area contributed by atoms with Crippen molar-refractivity contribution >= 4 is 50.7 Å². The average Bonchev–Trinajstić information content (AvgIpc) is 3.25. The van der Waals surface area contributed by atoms with Gasteiger partial charge in [-0.05, 0) is 31.7 Å². The van der Waals surface area contributed by atoms with Crippen LogP contribution in [0.4, 0.5) is 0 Å². The Kier molecular flexibility index (Phi) is 5.69. The number of ether oxygens (including phenoxy) is 1. The van der Waals surface area contributed by atoms with E-state index in [1.165, 1.54) is 15.8 Å². The monoisotopic (exact) mass is 422 g/mol. The van der Waals surface area contributed by atoms with Crippen LogP contribution in [0.3, 0.4) is 0 Å². The van der Waals surface area contributed by atoms with Crippen LogP contribution in [-0.2, 0) is 17.8 Å². The molecule has 0 radical (unpaired) electrons. The highest BCUT2D eigenvalue weighted by atomic mass is 32.2. The smallest absolute Gasteiger partial charge is 0.197 e. The van der Waals surface area contributed by atoms with E-state index in [4.69, 9.17) is 9.72 Å². The van der Waals surface area contributed by atoms with Crippen molar-refractivity contribution in [1.82, 2.24) is 19.6 Å². The molecule has 0 fully saturated rings. The Morgan fingerprint density at radius 1 is 1.11 bits per heavy atom. The van der Waals surface area contributed by atoms with Gasteiger partial charge in [-0.1, -0.05) is 44.3 Å². The summed E-state index contributed by atoms with van der Waals surface area (Å²) in [6.07, 6.45) is 4.16. The van der Waals surface area contributed by atoms with E-state index >= 15 is 0 Å². The predicted molar refractivity (Wildman–Crippen MR) is 115 cm³/mol. The van der Waals surface area contributed by atoms with E-state index in [0.717, 1.165) is 58.0 Å². The molecule has 0 aliphatic carbocycles. The lowest BCUT2D eigenvalue weighted by Crippen LogP contribution is -2.33.